The van der Waals surface area contributed by atoms with Gasteiger partial charge in [-0.05, 0) is 16.6 Å². The molecule has 1 nitrogen and oxygen atoms in total. The molecule has 0 radical (unpaired) electrons. The van der Waals surface area contributed by atoms with Crippen LogP contribution in [0.25, 0.3) is 0 Å². The van der Waals surface area contributed by atoms with Crippen molar-refractivity contribution in [2.45, 2.75) is 4.90 Å². The van der Waals surface area contributed by atoms with Gasteiger partial charge in [0.05, 0.1) is 0 Å². The van der Waals surface area contributed by atoms with E-state index < -0.39 is 0 Å². The highest BCUT2D eigenvalue weighted by molar-refractivity contribution is 9.11. The van der Waals surface area contributed by atoms with Crippen LogP contribution in [0.4, 0.5) is 5.69 Å². The van der Waals surface area contributed by atoms with Crippen LogP contribution in [0, 0.1) is 0 Å². The number of nitrogen functional groups attached to an aromatic ring is 1. The van der Waals surface area contributed by atoms with Gasteiger partial charge in [-0.15, -0.1) is 11.8 Å². The SMILES string of the molecule is C=C(Br)CSc1ccccc1N. The topological polar surface area (TPSA) is 26.0 Å². The van der Waals surface area contributed by atoms with Gasteiger partial charge in [0.1, 0.15) is 0 Å². The van der Waals surface area contributed by atoms with Crippen LogP contribution in [-0.4, -0.2) is 5.75 Å². The second-order valence-electron chi connectivity index (χ2n) is 2.34. The van der Waals surface area contributed by atoms with E-state index in [0.717, 1.165) is 20.8 Å². The number of benzene rings is 1. The predicted molar refractivity (Wildman–Crippen MR) is 59.6 cm³/mol. The number of anilines is 1. The summed E-state index contributed by atoms with van der Waals surface area (Å²) in [6.07, 6.45) is 0. The van der Waals surface area contributed by atoms with Crippen molar-refractivity contribution < 1.29 is 0 Å². The fraction of sp³-hybridized carbons (Fsp3) is 0.111. The maximum absolute atomic E-state index is 5.74. The van der Waals surface area contributed by atoms with Gasteiger partial charge < -0.3 is 5.73 Å². The Morgan fingerprint density at radius 1 is 1.50 bits per heavy atom. The molecular weight excluding hydrogens is 234 g/mol. The molecule has 64 valence electrons. The van der Waals surface area contributed by atoms with Crippen molar-refractivity contribution in [1.82, 2.24) is 0 Å². The molecule has 0 aromatic heterocycles. The van der Waals surface area contributed by atoms with E-state index in [9.17, 15) is 0 Å². The van der Waals surface area contributed by atoms with E-state index in [2.05, 4.69) is 22.5 Å². The summed E-state index contributed by atoms with van der Waals surface area (Å²) in [5, 5.41) is 0. The maximum atomic E-state index is 5.74. The highest BCUT2D eigenvalue weighted by atomic mass is 79.9. The Morgan fingerprint density at radius 2 is 2.17 bits per heavy atom. The minimum Gasteiger partial charge on any atom is -0.398 e. The van der Waals surface area contributed by atoms with Gasteiger partial charge in [-0.25, -0.2) is 0 Å². The molecule has 2 N–H and O–H groups in total. The lowest BCUT2D eigenvalue weighted by molar-refractivity contribution is 1.46. The lowest BCUT2D eigenvalue weighted by Crippen LogP contribution is -1.87. The van der Waals surface area contributed by atoms with E-state index >= 15 is 0 Å². The van der Waals surface area contributed by atoms with Crippen LogP contribution < -0.4 is 5.73 Å². The van der Waals surface area contributed by atoms with Crippen molar-refractivity contribution >= 4 is 33.4 Å². The quantitative estimate of drug-likeness (QED) is 0.652. The molecule has 0 aliphatic rings. The third-order valence-corrected chi connectivity index (χ3v) is 3.13. The minimum atomic E-state index is 0.830. The standard InChI is InChI=1S/C9H10BrNS/c1-7(10)6-12-9-5-3-2-4-8(9)11/h2-5H,1,6,11H2. The van der Waals surface area contributed by atoms with Crippen molar-refractivity contribution in [3.8, 4) is 0 Å². The van der Waals surface area contributed by atoms with Crippen LogP contribution in [0.15, 0.2) is 40.2 Å². The number of thioether (sulfide) groups is 1. The molecule has 0 aliphatic heterocycles. The average Bonchev–Trinajstić information content (AvgIpc) is 2.03. The lowest BCUT2D eigenvalue weighted by Gasteiger charge is -2.02. The monoisotopic (exact) mass is 243 g/mol. The number of hydrogen-bond donors (Lipinski definition) is 1. The molecule has 0 saturated carbocycles. The molecule has 0 heterocycles. The molecule has 0 bridgehead atoms. The van der Waals surface area contributed by atoms with E-state index in [4.69, 9.17) is 5.73 Å². The van der Waals surface area contributed by atoms with Crippen LogP contribution in [0.3, 0.4) is 0 Å². The van der Waals surface area contributed by atoms with E-state index in [1.54, 1.807) is 11.8 Å². The smallest absolute Gasteiger partial charge is 0.0452 e. The van der Waals surface area contributed by atoms with Crippen molar-refractivity contribution in [3.63, 3.8) is 0 Å². The first-order valence-electron chi connectivity index (χ1n) is 3.50. The highest BCUT2D eigenvalue weighted by Crippen LogP contribution is 2.26. The minimum absolute atomic E-state index is 0.830. The molecule has 0 fully saturated rings. The Labute approximate surface area is 85.2 Å². The summed E-state index contributed by atoms with van der Waals surface area (Å²) in [6, 6.07) is 7.83. The van der Waals surface area contributed by atoms with Gasteiger partial charge in [0.25, 0.3) is 0 Å². The third-order valence-electron chi connectivity index (χ3n) is 1.30. The average molecular weight is 244 g/mol. The van der Waals surface area contributed by atoms with Crippen LogP contribution in [0.2, 0.25) is 0 Å². The van der Waals surface area contributed by atoms with Crippen molar-refractivity contribution in [2.75, 3.05) is 11.5 Å². The van der Waals surface area contributed by atoms with Crippen LogP contribution in [0.5, 0.6) is 0 Å². The predicted octanol–water partition coefficient (Wildman–Crippen LogP) is 3.27. The number of rotatable bonds is 3. The summed E-state index contributed by atoms with van der Waals surface area (Å²) in [4.78, 5) is 1.11. The van der Waals surface area contributed by atoms with Gasteiger partial charge >= 0.3 is 0 Å². The summed E-state index contributed by atoms with van der Waals surface area (Å²) in [6.45, 7) is 3.75. The van der Waals surface area contributed by atoms with Crippen LogP contribution in [0.1, 0.15) is 0 Å². The summed E-state index contributed by atoms with van der Waals surface area (Å²) in [5.41, 5.74) is 6.57. The Bertz CT molecular complexity index is 286. The first kappa shape index (κ1) is 9.68. The largest absolute Gasteiger partial charge is 0.398 e. The molecule has 1 aromatic carbocycles. The maximum Gasteiger partial charge on any atom is 0.0452 e. The zero-order valence-electron chi connectivity index (χ0n) is 6.59. The van der Waals surface area contributed by atoms with Gasteiger partial charge in [-0.1, -0.05) is 34.6 Å². The summed E-state index contributed by atoms with van der Waals surface area (Å²) in [5.74, 6) is 0.855. The van der Waals surface area contributed by atoms with E-state index in [1.165, 1.54) is 0 Å². The number of halogens is 1. The normalized spacial score (nSPS) is 9.75. The van der Waals surface area contributed by atoms with Gasteiger partial charge in [-0.2, -0.15) is 0 Å². The molecule has 3 heteroatoms. The number of nitrogens with two attached hydrogens (primary N) is 1. The molecule has 0 spiro atoms. The van der Waals surface area contributed by atoms with Gasteiger partial charge in [0.2, 0.25) is 0 Å². The second kappa shape index (κ2) is 4.58. The summed E-state index contributed by atoms with van der Waals surface area (Å²) < 4.78 is 0.982. The Morgan fingerprint density at radius 3 is 2.75 bits per heavy atom. The van der Waals surface area contributed by atoms with Gasteiger partial charge in [0.15, 0.2) is 0 Å². The van der Waals surface area contributed by atoms with E-state index in [0.29, 0.717) is 0 Å². The Balaban J connectivity index is 2.63. The molecule has 0 atom stereocenters. The fourth-order valence-electron chi connectivity index (χ4n) is 0.768. The zero-order valence-corrected chi connectivity index (χ0v) is 8.99. The molecule has 1 aromatic rings. The molecule has 12 heavy (non-hydrogen) atoms. The van der Waals surface area contributed by atoms with Gasteiger partial charge in [-0.3, -0.25) is 0 Å². The van der Waals surface area contributed by atoms with Crippen molar-refractivity contribution in [1.29, 1.82) is 0 Å². The molecule has 0 aliphatic carbocycles. The van der Waals surface area contributed by atoms with E-state index in [-0.39, 0.29) is 0 Å². The van der Waals surface area contributed by atoms with E-state index in [1.807, 2.05) is 24.3 Å². The molecular formula is C9H10BrNS. The first-order valence-corrected chi connectivity index (χ1v) is 5.28. The van der Waals surface area contributed by atoms with Crippen LogP contribution in [-0.2, 0) is 0 Å². The number of hydrogen-bond acceptors (Lipinski definition) is 2. The second-order valence-corrected chi connectivity index (χ2v) is 4.48. The zero-order chi connectivity index (χ0) is 8.97. The van der Waals surface area contributed by atoms with Gasteiger partial charge in [0, 0.05) is 16.3 Å². The highest BCUT2D eigenvalue weighted by Gasteiger charge is 1.97. The molecule has 0 saturated heterocycles. The third kappa shape index (κ3) is 2.91. The Hall–Kier alpha value is -0.410. The summed E-state index contributed by atoms with van der Waals surface area (Å²) in [7, 11) is 0. The lowest BCUT2D eigenvalue weighted by atomic mass is 10.3. The fourth-order valence-corrected chi connectivity index (χ4v) is 1.83. The molecule has 1 rings (SSSR count). The van der Waals surface area contributed by atoms with Crippen molar-refractivity contribution in [3.05, 3.63) is 35.3 Å². The summed E-state index contributed by atoms with van der Waals surface area (Å²) >= 11 is 4.98. The Kier molecular flexibility index (Phi) is 3.69. The van der Waals surface area contributed by atoms with Crippen LogP contribution >= 0.6 is 27.7 Å². The number of para-hydroxylation sites is 1. The molecule has 0 amide bonds. The molecule has 0 unspecified atom stereocenters. The first-order chi connectivity index (χ1) is 5.70. The van der Waals surface area contributed by atoms with Crippen molar-refractivity contribution in [2.24, 2.45) is 0 Å².